The summed E-state index contributed by atoms with van der Waals surface area (Å²) in [7, 11) is 0. The van der Waals surface area contributed by atoms with Crippen LogP contribution in [0, 0.1) is 16.7 Å². The lowest BCUT2D eigenvalue weighted by molar-refractivity contribution is -0.240. The van der Waals surface area contributed by atoms with Crippen molar-refractivity contribution in [3.8, 4) is 6.07 Å². The number of carbonyl (C=O) groups is 1. The Kier molecular flexibility index (Phi) is 1.89. The molecule has 0 aromatic heterocycles. The van der Waals surface area contributed by atoms with Gasteiger partial charge in [-0.2, -0.15) is 5.26 Å². The normalized spacial score (nSPS) is 41.8. The molecule has 0 heterocycles. The second kappa shape index (κ2) is 2.38. The van der Waals surface area contributed by atoms with Gasteiger partial charge in [0.15, 0.2) is 0 Å². The van der Waals surface area contributed by atoms with E-state index in [-0.39, 0.29) is 0 Å². The van der Waals surface area contributed by atoms with Crippen molar-refractivity contribution in [2.75, 3.05) is 0 Å². The van der Waals surface area contributed by atoms with Gasteiger partial charge in [0.25, 0.3) is 11.1 Å². The quantitative estimate of drug-likeness (QED) is 0.492. The first-order chi connectivity index (χ1) is 5.69. The zero-order chi connectivity index (χ0) is 10.5. The summed E-state index contributed by atoms with van der Waals surface area (Å²) in [4.78, 5) is 10.8. The number of alkyl halides is 4. The van der Waals surface area contributed by atoms with Gasteiger partial charge in [-0.05, 0) is 6.92 Å². The average molecular weight is 212 g/mol. The molecule has 2 unspecified atom stereocenters. The summed E-state index contributed by atoms with van der Waals surface area (Å²) >= 11 is 4.89. The van der Waals surface area contributed by atoms with E-state index in [1.807, 2.05) is 0 Å². The van der Waals surface area contributed by atoms with Crippen molar-refractivity contribution in [3.63, 3.8) is 0 Å². The van der Waals surface area contributed by atoms with Crippen LogP contribution in [-0.4, -0.2) is 16.8 Å². The van der Waals surface area contributed by atoms with E-state index in [2.05, 4.69) is 0 Å². The minimum Gasteiger partial charge on any atom is -0.282 e. The van der Waals surface area contributed by atoms with E-state index in [1.165, 1.54) is 0 Å². The van der Waals surface area contributed by atoms with Crippen LogP contribution in [0.4, 0.5) is 13.2 Å². The van der Waals surface area contributed by atoms with Crippen LogP contribution in [0.15, 0.2) is 0 Å². The Morgan fingerprint density at radius 2 is 2.00 bits per heavy atom. The van der Waals surface area contributed by atoms with Crippen LogP contribution in [0.2, 0.25) is 0 Å². The molecule has 0 amide bonds. The molecule has 1 aliphatic rings. The Hall–Kier alpha value is -0.760. The summed E-state index contributed by atoms with van der Waals surface area (Å²) in [5.41, 5.74) is -2.09. The van der Waals surface area contributed by atoms with Crippen LogP contribution < -0.4 is 0 Å². The van der Waals surface area contributed by atoms with E-state index >= 15 is 0 Å². The first-order valence-corrected chi connectivity index (χ1v) is 3.77. The number of nitriles is 1. The number of halogens is 4. The molecule has 13 heavy (non-hydrogen) atoms. The van der Waals surface area contributed by atoms with Crippen LogP contribution in [0.1, 0.15) is 13.3 Å². The summed E-state index contributed by atoms with van der Waals surface area (Å²) in [5.74, 6) is -4.99. The van der Waals surface area contributed by atoms with Gasteiger partial charge in [0.05, 0.1) is 0 Å². The Morgan fingerprint density at radius 3 is 2.23 bits per heavy atom. The third-order valence-corrected chi connectivity index (χ3v) is 3.02. The Morgan fingerprint density at radius 1 is 1.54 bits per heavy atom. The molecule has 0 aromatic carbocycles. The number of nitrogens with zero attached hydrogens (tertiary/aromatic N) is 1. The lowest BCUT2D eigenvalue weighted by atomic mass is 9.62. The molecule has 1 rings (SSSR count). The molecule has 0 aliphatic heterocycles. The van der Waals surface area contributed by atoms with Crippen LogP contribution in [0.25, 0.3) is 0 Å². The SMILES string of the molecule is CC1(C(=O)C#N)CC(F)(F)C1(F)Cl. The molecule has 0 N–H and O–H groups in total. The molecule has 0 aromatic rings. The number of Topliss-reactive ketones (excluding diaryl/α,β-unsaturated/α-hetero) is 1. The number of ketones is 1. The van der Waals surface area contributed by atoms with E-state index in [4.69, 9.17) is 16.9 Å². The first-order valence-electron chi connectivity index (χ1n) is 3.39. The molecular formula is C7H5ClF3NO. The van der Waals surface area contributed by atoms with Crippen molar-refractivity contribution in [2.24, 2.45) is 5.41 Å². The zero-order valence-corrected chi connectivity index (χ0v) is 7.33. The van der Waals surface area contributed by atoms with Gasteiger partial charge in [0.1, 0.15) is 11.5 Å². The Labute approximate surface area is 77.3 Å². The maximum absolute atomic E-state index is 13.1. The molecule has 0 saturated heterocycles. The molecular weight excluding hydrogens is 207 g/mol. The monoisotopic (exact) mass is 211 g/mol. The fraction of sp³-hybridized carbons (Fsp3) is 0.714. The molecule has 0 bridgehead atoms. The molecule has 1 saturated carbocycles. The third-order valence-electron chi connectivity index (χ3n) is 2.33. The van der Waals surface area contributed by atoms with E-state index in [9.17, 15) is 18.0 Å². The fourth-order valence-electron chi connectivity index (χ4n) is 1.31. The number of hydrogen-bond acceptors (Lipinski definition) is 2. The molecule has 1 aliphatic carbocycles. The lowest BCUT2D eigenvalue weighted by Gasteiger charge is -2.51. The molecule has 1 fully saturated rings. The highest BCUT2D eigenvalue weighted by Crippen LogP contribution is 2.64. The van der Waals surface area contributed by atoms with Crippen molar-refractivity contribution in [3.05, 3.63) is 0 Å². The van der Waals surface area contributed by atoms with E-state index < -0.39 is 28.7 Å². The smallest absolute Gasteiger partial charge is 0.282 e. The van der Waals surface area contributed by atoms with Gasteiger partial charge < -0.3 is 0 Å². The summed E-state index contributed by atoms with van der Waals surface area (Å²) in [6, 6.07) is 1.10. The summed E-state index contributed by atoms with van der Waals surface area (Å²) in [5, 5.41) is 4.73. The Balaban J connectivity index is 3.03. The topological polar surface area (TPSA) is 40.9 Å². The van der Waals surface area contributed by atoms with Gasteiger partial charge in [-0.3, -0.25) is 4.79 Å². The third kappa shape index (κ3) is 0.983. The predicted molar refractivity (Wildman–Crippen MR) is 38.0 cm³/mol. The second-order valence-corrected chi connectivity index (χ2v) is 3.75. The van der Waals surface area contributed by atoms with Gasteiger partial charge in [-0.25, -0.2) is 13.2 Å². The minimum absolute atomic E-state index is 0.920. The van der Waals surface area contributed by atoms with Gasteiger partial charge in [0, 0.05) is 6.42 Å². The molecule has 0 spiro atoms. The van der Waals surface area contributed by atoms with Crippen molar-refractivity contribution in [1.82, 2.24) is 0 Å². The van der Waals surface area contributed by atoms with E-state index in [0.717, 1.165) is 13.0 Å². The van der Waals surface area contributed by atoms with Crippen LogP contribution in [0.3, 0.4) is 0 Å². The van der Waals surface area contributed by atoms with E-state index in [0.29, 0.717) is 0 Å². The maximum Gasteiger partial charge on any atom is 0.297 e. The Bertz CT molecular complexity index is 309. The van der Waals surface area contributed by atoms with Crippen LogP contribution in [0.5, 0.6) is 0 Å². The van der Waals surface area contributed by atoms with Crippen molar-refractivity contribution < 1.29 is 18.0 Å². The fourth-order valence-corrected chi connectivity index (χ4v) is 1.53. The van der Waals surface area contributed by atoms with Crippen LogP contribution in [-0.2, 0) is 4.79 Å². The van der Waals surface area contributed by atoms with E-state index in [1.54, 1.807) is 0 Å². The number of rotatable bonds is 1. The summed E-state index contributed by atoms with van der Waals surface area (Å²) in [6.07, 6.45) is -1.02. The van der Waals surface area contributed by atoms with Crippen LogP contribution >= 0.6 is 11.6 Å². The number of carbonyl (C=O) groups excluding carboxylic acids is 1. The molecule has 0 radical (unpaired) electrons. The number of hydrogen-bond donors (Lipinski definition) is 0. The van der Waals surface area contributed by atoms with Crippen molar-refractivity contribution in [2.45, 2.75) is 24.4 Å². The highest BCUT2D eigenvalue weighted by atomic mass is 35.5. The minimum atomic E-state index is -3.74. The van der Waals surface area contributed by atoms with Gasteiger partial charge in [-0.15, -0.1) is 0 Å². The highest BCUT2D eigenvalue weighted by molar-refractivity contribution is 6.27. The average Bonchev–Trinajstić information content (AvgIpc) is 2.01. The first kappa shape index (κ1) is 10.3. The summed E-state index contributed by atoms with van der Waals surface area (Å²) < 4.78 is 38.2. The molecule has 2 atom stereocenters. The highest BCUT2D eigenvalue weighted by Gasteiger charge is 2.79. The molecule has 72 valence electrons. The van der Waals surface area contributed by atoms with Gasteiger partial charge >= 0.3 is 0 Å². The van der Waals surface area contributed by atoms with Gasteiger partial charge in [0.2, 0.25) is 5.78 Å². The lowest BCUT2D eigenvalue weighted by Crippen LogP contribution is -2.67. The molecule has 2 nitrogen and oxygen atoms in total. The van der Waals surface area contributed by atoms with Gasteiger partial charge in [-0.1, -0.05) is 11.6 Å². The van der Waals surface area contributed by atoms with Crippen molar-refractivity contribution in [1.29, 1.82) is 5.26 Å². The molecule has 6 heteroatoms. The largest absolute Gasteiger partial charge is 0.297 e. The maximum atomic E-state index is 13.1. The predicted octanol–water partition coefficient (Wildman–Crippen LogP) is 2.03. The van der Waals surface area contributed by atoms with Crippen molar-refractivity contribution >= 4 is 17.4 Å². The second-order valence-electron chi connectivity index (χ2n) is 3.23. The standard InChI is InChI=1S/C7H5ClF3NO/c1-5(4(13)2-12)3-6(9,10)7(5,8)11/h3H2,1H3. The summed E-state index contributed by atoms with van der Waals surface area (Å²) in [6.45, 7) is 0.920. The zero-order valence-electron chi connectivity index (χ0n) is 6.57.